The molecule has 0 aliphatic heterocycles. The number of halogens is 1. The second-order valence-corrected chi connectivity index (χ2v) is 4.55. The number of carbonyl (C=O) groups is 1. The van der Waals surface area contributed by atoms with E-state index in [1.165, 1.54) is 6.07 Å². The molecule has 0 unspecified atom stereocenters. The van der Waals surface area contributed by atoms with Gasteiger partial charge in [0.1, 0.15) is 5.75 Å². The standard InChI is InChI=1S/C14H11BrO3/c1-18-13-7-6-9(14(16)17)8-11(13)10-4-2-3-5-12(10)15/h2-8H,1H3,(H,16,17). The predicted octanol–water partition coefficient (Wildman–Crippen LogP) is 3.82. The predicted molar refractivity (Wildman–Crippen MR) is 73.1 cm³/mol. The normalized spacial score (nSPS) is 10.1. The van der Waals surface area contributed by atoms with Crippen molar-refractivity contribution in [2.75, 3.05) is 7.11 Å². The van der Waals surface area contributed by atoms with Crippen LogP contribution in [-0.4, -0.2) is 18.2 Å². The van der Waals surface area contributed by atoms with Gasteiger partial charge in [0.25, 0.3) is 0 Å². The van der Waals surface area contributed by atoms with Crippen LogP contribution >= 0.6 is 15.9 Å². The molecule has 0 radical (unpaired) electrons. The highest BCUT2D eigenvalue weighted by atomic mass is 79.9. The Balaban J connectivity index is 2.64. The Morgan fingerprint density at radius 2 is 1.89 bits per heavy atom. The summed E-state index contributed by atoms with van der Waals surface area (Å²) in [5.74, 6) is -0.308. The molecule has 0 atom stereocenters. The van der Waals surface area contributed by atoms with Crippen LogP contribution < -0.4 is 4.74 Å². The fourth-order valence-electron chi connectivity index (χ4n) is 1.73. The highest BCUT2D eigenvalue weighted by Crippen LogP contribution is 2.35. The van der Waals surface area contributed by atoms with Gasteiger partial charge in [0.15, 0.2) is 0 Å². The van der Waals surface area contributed by atoms with Gasteiger partial charge >= 0.3 is 5.97 Å². The van der Waals surface area contributed by atoms with Crippen molar-refractivity contribution in [2.24, 2.45) is 0 Å². The van der Waals surface area contributed by atoms with E-state index in [0.29, 0.717) is 5.75 Å². The molecule has 0 aliphatic carbocycles. The molecule has 0 heterocycles. The number of ether oxygens (including phenoxy) is 1. The van der Waals surface area contributed by atoms with Crippen LogP contribution in [0.5, 0.6) is 5.75 Å². The second kappa shape index (κ2) is 5.23. The van der Waals surface area contributed by atoms with E-state index in [1.807, 2.05) is 24.3 Å². The van der Waals surface area contributed by atoms with E-state index >= 15 is 0 Å². The average molecular weight is 307 g/mol. The maximum absolute atomic E-state index is 11.0. The Kier molecular flexibility index (Phi) is 3.67. The molecule has 18 heavy (non-hydrogen) atoms. The Morgan fingerprint density at radius 3 is 2.50 bits per heavy atom. The topological polar surface area (TPSA) is 46.5 Å². The molecule has 1 N–H and O–H groups in total. The minimum Gasteiger partial charge on any atom is -0.496 e. The summed E-state index contributed by atoms with van der Waals surface area (Å²) in [6.07, 6.45) is 0. The average Bonchev–Trinajstić information content (AvgIpc) is 2.38. The molecule has 2 aromatic rings. The zero-order valence-corrected chi connectivity index (χ0v) is 11.3. The minimum atomic E-state index is -0.953. The Morgan fingerprint density at radius 1 is 1.17 bits per heavy atom. The SMILES string of the molecule is COc1ccc(C(=O)O)cc1-c1ccccc1Br. The molecule has 0 fully saturated rings. The molecular formula is C14H11BrO3. The van der Waals surface area contributed by atoms with Crippen molar-refractivity contribution in [2.45, 2.75) is 0 Å². The third-order valence-electron chi connectivity index (χ3n) is 2.61. The molecule has 2 aromatic carbocycles. The highest BCUT2D eigenvalue weighted by molar-refractivity contribution is 9.10. The lowest BCUT2D eigenvalue weighted by Gasteiger charge is -2.11. The quantitative estimate of drug-likeness (QED) is 0.937. The fourth-order valence-corrected chi connectivity index (χ4v) is 2.23. The van der Waals surface area contributed by atoms with Crippen molar-refractivity contribution >= 4 is 21.9 Å². The summed E-state index contributed by atoms with van der Waals surface area (Å²) in [7, 11) is 1.57. The number of hydrogen-bond donors (Lipinski definition) is 1. The minimum absolute atomic E-state index is 0.238. The molecule has 0 amide bonds. The van der Waals surface area contributed by atoms with Gasteiger partial charge in [-0.1, -0.05) is 34.1 Å². The number of carboxylic acids is 1. The Labute approximate surface area is 113 Å². The monoisotopic (exact) mass is 306 g/mol. The maximum atomic E-state index is 11.0. The summed E-state index contributed by atoms with van der Waals surface area (Å²) < 4.78 is 6.17. The summed E-state index contributed by atoms with van der Waals surface area (Å²) in [5, 5.41) is 9.04. The first kappa shape index (κ1) is 12.6. The molecule has 0 bridgehead atoms. The lowest BCUT2D eigenvalue weighted by molar-refractivity contribution is 0.0697. The number of methoxy groups -OCH3 is 1. The van der Waals surface area contributed by atoms with Crippen molar-refractivity contribution in [3.8, 4) is 16.9 Å². The van der Waals surface area contributed by atoms with Crippen LogP contribution in [0.2, 0.25) is 0 Å². The summed E-state index contributed by atoms with van der Waals surface area (Å²) in [4.78, 5) is 11.0. The molecule has 4 heteroatoms. The van der Waals surface area contributed by atoms with Crippen LogP contribution in [0.15, 0.2) is 46.9 Å². The zero-order valence-electron chi connectivity index (χ0n) is 9.68. The van der Waals surface area contributed by atoms with Crippen molar-refractivity contribution in [1.29, 1.82) is 0 Å². The number of rotatable bonds is 3. The van der Waals surface area contributed by atoms with Gasteiger partial charge in [-0.05, 0) is 29.8 Å². The molecule has 3 nitrogen and oxygen atoms in total. The lowest BCUT2D eigenvalue weighted by Crippen LogP contribution is -1.98. The number of aromatic carboxylic acids is 1. The van der Waals surface area contributed by atoms with E-state index in [4.69, 9.17) is 9.84 Å². The molecule has 0 saturated heterocycles. The molecule has 2 rings (SSSR count). The van der Waals surface area contributed by atoms with Crippen molar-refractivity contribution in [3.63, 3.8) is 0 Å². The Hall–Kier alpha value is -1.81. The zero-order chi connectivity index (χ0) is 13.1. The first-order valence-corrected chi connectivity index (χ1v) is 6.09. The van der Waals surface area contributed by atoms with Gasteiger partial charge in [-0.3, -0.25) is 0 Å². The van der Waals surface area contributed by atoms with Crippen molar-refractivity contribution < 1.29 is 14.6 Å². The van der Waals surface area contributed by atoms with Crippen LogP contribution in [0.25, 0.3) is 11.1 Å². The smallest absolute Gasteiger partial charge is 0.335 e. The van der Waals surface area contributed by atoms with E-state index in [9.17, 15) is 4.79 Å². The van der Waals surface area contributed by atoms with Gasteiger partial charge < -0.3 is 9.84 Å². The van der Waals surface area contributed by atoms with Crippen LogP contribution in [-0.2, 0) is 0 Å². The van der Waals surface area contributed by atoms with Crippen LogP contribution in [0.4, 0.5) is 0 Å². The van der Waals surface area contributed by atoms with Crippen molar-refractivity contribution in [1.82, 2.24) is 0 Å². The van der Waals surface area contributed by atoms with E-state index in [0.717, 1.165) is 15.6 Å². The maximum Gasteiger partial charge on any atom is 0.335 e. The molecular weight excluding hydrogens is 296 g/mol. The van der Waals surface area contributed by atoms with Gasteiger partial charge in [0.05, 0.1) is 12.7 Å². The third kappa shape index (κ3) is 2.38. The van der Waals surface area contributed by atoms with Gasteiger partial charge in [0, 0.05) is 10.0 Å². The fraction of sp³-hybridized carbons (Fsp3) is 0.0714. The number of carboxylic acid groups (broad SMARTS) is 1. The van der Waals surface area contributed by atoms with E-state index in [-0.39, 0.29) is 5.56 Å². The van der Waals surface area contributed by atoms with E-state index < -0.39 is 5.97 Å². The summed E-state index contributed by atoms with van der Waals surface area (Å²) >= 11 is 3.45. The highest BCUT2D eigenvalue weighted by Gasteiger charge is 2.12. The summed E-state index contributed by atoms with van der Waals surface area (Å²) in [5.41, 5.74) is 1.89. The van der Waals surface area contributed by atoms with Gasteiger partial charge in [-0.2, -0.15) is 0 Å². The Bertz CT molecular complexity index is 593. The number of hydrogen-bond acceptors (Lipinski definition) is 2. The van der Waals surface area contributed by atoms with Crippen molar-refractivity contribution in [3.05, 3.63) is 52.5 Å². The lowest BCUT2D eigenvalue weighted by atomic mass is 10.0. The first-order valence-electron chi connectivity index (χ1n) is 5.29. The molecule has 0 aromatic heterocycles. The largest absolute Gasteiger partial charge is 0.496 e. The molecule has 0 aliphatic rings. The number of benzene rings is 2. The summed E-state index contributed by atoms with van der Waals surface area (Å²) in [6.45, 7) is 0. The molecule has 0 saturated carbocycles. The van der Waals surface area contributed by atoms with Crippen LogP contribution in [0.1, 0.15) is 10.4 Å². The van der Waals surface area contributed by atoms with E-state index in [2.05, 4.69) is 15.9 Å². The third-order valence-corrected chi connectivity index (χ3v) is 3.30. The molecule has 0 spiro atoms. The van der Waals surface area contributed by atoms with Gasteiger partial charge in [0.2, 0.25) is 0 Å². The van der Waals surface area contributed by atoms with Crippen LogP contribution in [0, 0.1) is 0 Å². The van der Waals surface area contributed by atoms with E-state index in [1.54, 1.807) is 19.2 Å². The summed E-state index contributed by atoms with van der Waals surface area (Å²) in [6, 6.07) is 12.4. The van der Waals surface area contributed by atoms with Gasteiger partial charge in [-0.25, -0.2) is 4.79 Å². The molecule has 92 valence electrons. The van der Waals surface area contributed by atoms with Gasteiger partial charge in [-0.15, -0.1) is 0 Å². The van der Waals surface area contributed by atoms with Crippen LogP contribution in [0.3, 0.4) is 0 Å². The second-order valence-electron chi connectivity index (χ2n) is 3.70. The first-order chi connectivity index (χ1) is 8.63.